The van der Waals surface area contributed by atoms with Gasteiger partial charge in [-0.1, -0.05) is 23.7 Å². The number of hydrogen-bond acceptors (Lipinski definition) is 5. The number of methoxy groups -OCH3 is 1. The molecule has 0 fully saturated rings. The van der Waals surface area contributed by atoms with E-state index in [1.807, 2.05) is 6.92 Å². The Kier molecular flexibility index (Phi) is 6.21. The average Bonchev–Trinajstić information content (AvgIpc) is 2.59. The molecule has 24 heavy (non-hydrogen) atoms. The lowest BCUT2D eigenvalue weighted by Crippen LogP contribution is -2.15. The number of aryl methyl sites for hydroxylation is 1. The van der Waals surface area contributed by atoms with Crippen molar-refractivity contribution in [3.8, 4) is 5.75 Å². The molecular formula is C18H17ClO5. The van der Waals surface area contributed by atoms with Crippen molar-refractivity contribution in [2.24, 2.45) is 0 Å². The van der Waals surface area contributed by atoms with Crippen LogP contribution in [0.25, 0.3) is 0 Å². The first-order valence-electron chi connectivity index (χ1n) is 7.21. The minimum absolute atomic E-state index is 0.100. The Morgan fingerprint density at radius 3 is 2.42 bits per heavy atom. The predicted molar refractivity (Wildman–Crippen MR) is 89.3 cm³/mol. The molecule has 0 bridgehead atoms. The van der Waals surface area contributed by atoms with Crippen LogP contribution in [0.3, 0.4) is 0 Å². The van der Waals surface area contributed by atoms with Crippen molar-refractivity contribution in [1.82, 2.24) is 0 Å². The molecule has 0 aliphatic carbocycles. The number of halogens is 1. The van der Waals surface area contributed by atoms with Crippen molar-refractivity contribution < 1.29 is 23.8 Å². The van der Waals surface area contributed by atoms with Crippen molar-refractivity contribution in [2.75, 3.05) is 13.7 Å². The number of carbonyl (C=O) groups is 2. The van der Waals surface area contributed by atoms with Gasteiger partial charge in [0.15, 0.2) is 6.61 Å². The van der Waals surface area contributed by atoms with E-state index < -0.39 is 11.9 Å². The number of rotatable bonds is 6. The monoisotopic (exact) mass is 348 g/mol. The van der Waals surface area contributed by atoms with Crippen molar-refractivity contribution in [3.05, 3.63) is 64.2 Å². The Morgan fingerprint density at radius 2 is 1.79 bits per heavy atom. The van der Waals surface area contributed by atoms with Crippen LogP contribution in [-0.4, -0.2) is 25.7 Å². The zero-order chi connectivity index (χ0) is 17.5. The quantitative estimate of drug-likeness (QED) is 0.747. The van der Waals surface area contributed by atoms with Crippen molar-refractivity contribution in [3.63, 3.8) is 0 Å². The first kappa shape index (κ1) is 17.8. The SMILES string of the molecule is COC(=O)c1ccc(COC(=O)COc2ccc(Cl)cc2C)cc1. The minimum atomic E-state index is -0.485. The maximum absolute atomic E-state index is 11.7. The van der Waals surface area contributed by atoms with Gasteiger partial charge in [0.2, 0.25) is 0 Å². The summed E-state index contributed by atoms with van der Waals surface area (Å²) in [6.07, 6.45) is 0. The average molecular weight is 349 g/mol. The van der Waals surface area contributed by atoms with Crippen LogP contribution in [-0.2, 0) is 20.9 Å². The lowest BCUT2D eigenvalue weighted by molar-refractivity contribution is -0.147. The fraction of sp³-hybridized carbons (Fsp3) is 0.222. The topological polar surface area (TPSA) is 61.8 Å². The summed E-state index contributed by atoms with van der Waals surface area (Å²) in [6, 6.07) is 11.8. The highest BCUT2D eigenvalue weighted by atomic mass is 35.5. The molecule has 0 spiro atoms. The first-order chi connectivity index (χ1) is 11.5. The Bertz CT molecular complexity index is 725. The summed E-state index contributed by atoms with van der Waals surface area (Å²) in [5.41, 5.74) is 2.04. The zero-order valence-electron chi connectivity index (χ0n) is 13.4. The largest absolute Gasteiger partial charge is 0.482 e. The van der Waals surface area contributed by atoms with E-state index in [0.717, 1.165) is 11.1 Å². The summed E-state index contributed by atoms with van der Waals surface area (Å²) in [4.78, 5) is 23.1. The van der Waals surface area contributed by atoms with Gasteiger partial charge in [0, 0.05) is 5.02 Å². The summed E-state index contributed by atoms with van der Waals surface area (Å²) in [6.45, 7) is 1.75. The number of hydrogen-bond donors (Lipinski definition) is 0. The fourth-order valence-corrected chi connectivity index (χ4v) is 2.20. The van der Waals surface area contributed by atoms with Gasteiger partial charge in [-0.2, -0.15) is 0 Å². The van der Waals surface area contributed by atoms with Crippen molar-refractivity contribution in [1.29, 1.82) is 0 Å². The molecule has 2 aromatic rings. The predicted octanol–water partition coefficient (Wildman–Crippen LogP) is 3.56. The molecule has 0 amide bonds. The Hall–Kier alpha value is -2.53. The lowest BCUT2D eigenvalue weighted by Gasteiger charge is -2.09. The second-order valence-electron chi connectivity index (χ2n) is 5.05. The van der Waals surface area contributed by atoms with Crippen LogP contribution in [0.4, 0.5) is 0 Å². The van der Waals surface area contributed by atoms with Crippen LogP contribution in [0.5, 0.6) is 5.75 Å². The van der Waals surface area contributed by atoms with Crippen LogP contribution in [0.1, 0.15) is 21.5 Å². The molecule has 0 saturated heterocycles. The maximum atomic E-state index is 11.7. The van der Waals surface area contributed by atoms with E-state index in [0.29, 0.717) is 16.3 Å². The standard InChI is InChI=1S/C18H17ClO5/c1-12-9-15(19)7-8-16(12)23-11-17(20)24-10-13-3-5-14(6-4-13)18(21)22-2/h3-9H,10-11H2,1-2H3. The second-order valence-corrected chi connectivity index (χ2v) is 5.48. The van der Waals surface area contributed by atoms with Gasteiger partial charge in [-0.15, -0.1) is 0 Å². The van der Waals surface area contributed by atoms with Gasteiger partial charge in [-0.25, -0.2) is 9.59 Å². The highest BCUT2D eigenvalue weighted by molar-refractivity contribution is 6.30. The van der Waals surface area contributed by atoms with Gasteiger partial charge in [0.1, 0.15) is 12.4 Å². The highest BCUT2D eigenvalue weighted by Gasteiger charge is 2.08. The molecule has 6 heteroatoms. The summed E-state index contributed by atoms with van der Waals surface area (Å²) >= 11 is 5.86. The molecule has 0 unspecified atom stereocenters. The van der Waals surface area contributed by atoms with E-state index in [1.165, 1.54) is 7.11 Å². The van der Waals surface area contributed by atoms with Crippen molar-refractivity contribution >= 4 is 23.5 Å². The fourth-order valence-electron chi connectivity index (χ4n) is 1.97. The molecule has 126 valence electrons. The van der Waals surface area contributed by atoms with Crippen molar-refractivity contribution in [2.45, 2.75) is 13.5 Å². The van der Waals surface area contributed by atoms with Crippen LogP contribution in [0, 0.1) is 6.92 Å². The van der Waals surface area contributed by atoms with Gasteiger partial charge < -0.3 is 14.2 Å². The van der Waals surface area contributed by atoms with Gasteiger partial charge in [0.05, 0.1) is 12.7 Å². The molecule has 5 nitrogen and oxygen atoms in total. The van der Waals surface area contributed by atoms with E-state index in [4.69, 9.17) is 21.1 Å². The molecule has 2 rings (SSSR count). The van der Waals surface area contributed by atoms with Crippen LogP contribution >= 0.6 is 11.6 Å². The van der Waals surface area contributed by atoms with Gasteiger partial charge in [-0.05, 0) is 48.4 Å². The van der Waals surface area contributed by atoms with E-state index in [9.17, 15) is 9.59 Å². The van der Waals surface area contributed by atoms with Crippen LogP contribution in [0.2, 0.25) is 5.02 Å². The number of esters is 2. The molecule has 0 heterocycles. The third-order valence-electron chi connectivity index (χ3n) is 3.26. The summed E-state index contributed by atoms with van der Waals surface area (Å²) in [7, 11) is 1.32. The molecule has 0 aliphatic rings. The number of carbonyl (C=O) groups excluding carboxylic acids is 2. The molecule has 0 aliphatic heterocycles. The van der Waals surface area contributed by atoms with Crippen LogP contribution in [0.15, 0.2) is 42.5 Å². The molecule has 0 aromatic heterocycles. The molecule has 0 atom stereocenters. The van der Waals surface area contributed by atoms with E-state index >= 15 is 0 Å². The number of ether oxygens (including phenoxy) is 3. The maximum Gasteiger partial charge on any atom is 0.344 e. The third-order valence-corrected chi connectivity index (χ3v) is 3.49. The molecule has 0 N–H and O–H groups in total. The normalized spacial score (nSPS) is 10.1. The first-order valence-corrected chi connectivity index (χ1v) is 7.59. The van der Waals surface area contributed by atoms with E-state index in [1.54, 1.807) is 42.5 Å². The highest BCUT2D eigenvalue weighted by Crippen LogP contribution is 2.21. The zero-order valence-corrected chi connectivity index (χ0v) is 14.1. The summed E-state index contributed by atoms with van der Waals surface area (Å²) in [5.74, 6) is -0.314. The smallest absolute Gasteiger partial charge is 0.344 e. The van der Waals surface area contributed by atoms with Gasteiger partial charge in [-0.3, -0.25) is 0 Å². The molecular weight excluding hydrogens is 332 g/mol. The number of benzene rings is 2. The summed E-state index contributed by atoms with van der Waals surface area (Å²) in [5, 5.41) is 0.609. The molecule has 0 radical (unpaired) electrons. The molecule has 2 aromatic carbocycles. The second kappa shape index (κ2) is 8.36. The Morgan fingerprint density at radius 1 is 1.08 bits per heavy atom. The van der Waals surface area contributed by atoms with Gasteiger partial charge >= 0.3 is 11.9 Å². The summed E-state index contributed by atoms with van der Waals surface area (Å²) < 4.78 is 15.2. The minimum Gasteiger partial charge on any atom is -0.482 e. The Balaban J connectivity index is 1.81. The lowest BCUT2D eigenvalue weighted by atomic mass is 10.1. The van der Waals surface area contributed by atoms with Crippen LogP contribution < -0.4 is 4.74 Å². The molecule has 0 saturated carbocycles. The van der Waals surface area contributed by atoms with E-state index in [2.05, 4.69) is 4.74 Å². The van der Waals surface area contributed by atoms with E-state index in [-0.39, 0.29) is 13.2 Å². The Labute approximate surface area is 145 Å². The van der Waals surface area contributed by atoms with Gasteiger partial charge in [0.25, 0.3) is 0 Å². The third kappa shape index (κ3) is 4.99.